The largest absolute Gasteiger partial charge is 0.378 e. The Bertz CT molecular complexity index is 344. The summed E-state index contributed by atoms with van der Waals surface area (Å²) in [6.45, 7) is 8.26. The quantitative estimate of drug-likeness (QED) is 0.708. The van der Waals surface area contributed by atoms with Gasteiger partial charge in [-0.2, -0.15) is 0 Å². The number of hydrogen-bond donors (Lipinski definition) is 0. The van der Waals surface area contributed by atoms with Crippen LogP contribution >= 0.6 is 15.9 Å². The van der Waals surface area contributed by atoms with Crippen LogP contribution in [0.25, 0.3) is 0 Å². The van der Waals surface area contributed by atoms with Gasteiger partial charge < -0.3 is 4.74 Å². The van der Waals surface area contributed by atoms with Crippen molar-refractivity contribution in [2.45, 2.75) is 30.5 Å². The second kappa shape index (κ2) is 3.60. The zero-order valence-electron chi connectivity index (χ0n) is 9.51. The zero-order valence-corrected chi connectivity index (χ0v) is 11.1. The van der Waals surface area contributed by atoms with Gasteiger partial charge in [0, 0.05) is 0 Å². The average molecular weight is 269 g/mol. The van der Waals surface area contributed by atoms with Crippen molar-refractivity contribution in [3.8, 4) is 0 Å². The number of hydrogen-bond acceptors (Lipinski definition) is 1. The molecule has 82 valence electrons. The maximum absolute atomic E-state index is 5.24. The van der Waals surface area contributed by atoms with Gasteiger partial charge in [-0.15, -0.1) is 0 Å². The zero-order chi connectivity index (χ0) is 11.1. The molecule has 2 rings (SSSR count). The van der Waals surface area contributed by atoms with Crippen molar-refractivity contribution in [1.29, 1.82) is 0 Å². The molecule has 2 heteroatoms. The summed E-state index contributed by atoms with van der Waals surface area (Å²) < 4.78 is 5.32. The minimum absolute atomic E-state index is 0.0728. The fraction of sp³-hybridized carbons (Fsp3) is 0.538. The summed E-state index contributed by atoms with van der Waals surface area (Å²) in [5, 5.41) is 0. The van der Waals surface area contributed by atoms with Crippen molar-refractivity contribution in [3.63, 3.8) is 0 Å². The molecule has 1 aromatic carbocycles. The van der Waals surface area contributed by atoms with Crippen LogP contribution in [0.15, 0.2) is 24.3 Å². The van der Waals surface area contributed by atoms with Gasteiger partial charge in [0.05, 0.1) is 17.5 Å². The molecule has 0 N–H and O–H groups in total. The van der Waals surface area contributed by atoms with Crippen LogP contribution in [0.3, 0.4) is 0 Å². The third-order valence-electron chi connectivity index (χ3n) is 2.93. The minimum atomic E-state index is 0.0728. The van der Waals surface area contributed by atoms with Gasteiger partial charge in [-0.05, 0) is 16.5 Å². The van der Waals surface area contributed by atoms with E-state index in [1.165, 1.54) is 11.1 Å². The second-order valence-electron chi connectivity index (χ2n) is 5.29. The lowest BCUT2D eigenvalue weighted by Gasteiger charge is -2.36. The predicted octanol–water partition coefficient (Wildman–Crippen LogP) is 3.60. The monoisotopic (exact) mass is 268 g/mol. The Labute approximate surface area is 100.0 Å². The van der Waals surface area contributed by atoms with Crippen molar-refractivity contribution >= 4 is 15.9 Å². The molecule has 1 saturated heterocycles. The van der Waals surface area contributed by atoms with Gasteiger partial charge in [0.2, 0.25) is 0 Å². The van der Waals surface area contributed by atoms with E-state index in [1.54, 1.807) is 0 Å². The van der Waals surface area contributed by atoms with Crippen molar-refractivity contribution in [1.82, 2.24) is 0 Å². The standard InChI is InChI=1S/C13H17BrO/c1-12(2,3)10-4-6-11(7-5-10)13(14)8-15-9-13/h4-7H,8-9H2,1-3H3. The highest BCUT2D eigenvalue weighted by molar-refractivity contribution is 9.09. The number of benzene rings is 1. The van der Waals surface area contributed by atoms with Gasteiger partial charge in [0.1, 0.15) is 0 Å². The van der Waals surface area contributed by atoms with Crippen LogP contribution in [0.5, 0.6) is 0 Å². The highest BCUT2D eigenvalue weighted by atomic mass is 79.9. The molecule has 0 amide bonds. The molecule has 0 bridgehead atoms. The molecule has 0 aliphatic carbocycles. The Hall–Kier alpha value is -0.340. The van der Waals surface area contributed by atoms with E-state index in [1.807, 2.05) is 0 Å². The normalized spacial score (nSPS) is 19.7. The molecule has 1 fully saturated rings. The van der Waals surface area contributed by atoms with E-state index in [4.69, 9.17) is 4.74 Å². The second-order valence-corrected chi connectivity index (χ2v) is 6.80. The maximum atomic E-state index is 5.24. The van der Waals surface area contributed by atoms with Crippen LogP contribution in [-0.2, 0) is 14.5 Å². The predicted molar refractivity (Wildman–Crippen MR) is 66.6 cm³/mol. The van der Waals surface area contributed by atoms with E-state index in [9.17, 15) is 0 Å². The highest BCUT2D eigenvalue weighted by Gasteiger charge is 2.37. The first kappa shape index (κ1) is 11.2. The summed E-state index contributed by atoms with van der Waals surface area (Å²) in [6.07, 6.45) is 0. The lowest BCUT2D eigenvalue weighted by molar-refractivity contribution is -0.00699. The summed E-state index contributed by atoms with van der Waals surface area (Å²) in [5.41, 5.74) is 2.93. The third-order valence-corrected chi connectivity index (χ3v) is 3.85. The van der Waals surface area contributed by atoms with E-state index in [-0.39, 0.29) is 9.74 Å². The molecule has 0 saturated carbocycles. The van der Waals surface area contributed by atoms with Crippen molar-refractivity contribution in [2.24, 2.45) is 0 Å². The van der Waals surface area contributed by atoms with Gasteiger partial charge in [-0.1, -0.05) is 61.0 Å². The first-order valence-corrected chi connectivity index (χ1v) is 6.09. The Morgan fingerprint density at radius 3 is 2.00 bits per heavy atom. The molecular formula is C13H17BrO. The topological polar surface area (TPSA) is 9.23 Å². The lowest BCUT2D eigenvalue weighted by Crippen LogP contribution is -2.40. The first-order valence-electron chi connectivity index (χ1n) is 5.29. The molecule has 0 atom stereocenters. The summed E-state index contributed by atoms with van der Waals surface area (Å²) in [5.74, 6) is 0. The van der Waals surface area contributed by atoms with Crippen molar-refractivity contribution in [2.75, 3.05) is 13.2 Å². The van der Waals surface area contributed by atoms with E-state index >= 15 is 0 Å². The van der Waals surface area contributed by atoms with Crippen molar-refractivity contribution in [3.05, 3.63) is 35.4 Å². The van der Waals surface area contributed by atoms with Crippen LogP contribution in [0.2, 0.25) is 0 Å². The average Bonchev–Trinajstić information content (AvgIpc) is 2.13. The molecule has 0 unspecified atom stereocenters. The van der Waals surface area contributed by atoms with E-state index in [2.05, 4.69) is 61.0 Å². The van der Waals surface area contributed by atoms with Gasteiger partial charge in [-0.3, -0.25) is 0 Å². The third kappa shape index (κ3) is 2.11. The Balaban J connectivity index is 2.24. The maximum Gasteiger partial charge on any atom is 0.0971 e. The molecule has 1 aromatic rings. The molecular weight excluding hydrogens is 252 g/mol. The van der Waals surface area contributed by atoms with Gasteiger partial charge in [-0.25, -0.2) is 0 Å². The van der Waals surface area contributed by atoms with Crippen LogP contribution in [0, 0.1) is 0 Å². The fourth-order valence-electron chi connectivity index (χ4n) is 1.72. The minimum Gasteiger partial charge on any atom is -0.378 e. The molecule has 1 nitrogen and oxygen atoms in total. The van der Waals surface area contributed by atoms with Crippen LogP contribution < -0.4 is 0 Å². The Kier molecular flexibility index (Phi) is 2.68. The summed E-state index contributed by atoms with van der Waals surface area (Å²) >= 11 is 3.73. The number of rotatable bonds is 1. The first-order chi connectivity index (χ1) is 6.92. The van der Waals surface area contributed by atoms with Crippen LogP contribution in [0.1, 0.15) is 31.9 Å². The SMILES string of the molecule is CC(C)(C)c1ccc(C2(Br)COC2)cc1. The van der Waals surface area contributed by atoms with Crippen LogP contribution in [0.4, 0.5) is 0 Å². The highest BCUT2D eigenvalue weighted by Crippen LogP contribution is 2.39. The van der Waals surface area contributed by atoms with E-state index in [0.717, 1.165) is 13.2 Å². The van der Waals surface area contributed by atoms with E-state index < -0.39 is 0 Å². The molecule has 1 aliphatic rings. The smallest absolute Gasteiger partial charge is 0.0971 e. The summed E-state index contributed by atoms with van der Waals surface area (Å²) in [6, 6.07) is 8.85. The molecule has 15 heavy (non-hydrogen) atoms. The van der Waals surface area contributed by atoms with E-state index in [0.29, 0.717) is 0 Å². The number of halogens is 1. The molecule has 0 aromatic heterocycles. The fourth-order valence-corrected chi connectivity index (χ4v) is 2.30. The van der Waals surface area contributed by atoms with Gasteiger partial charge in [0.25, 0.3) is 0 Å². The number of ether oxygens (including phenoxy) is 1. The van der Waals surface area contributed by atoms with Gasteiger partial charge in [0.15, 0.2) is 0 Å². The molecule has 0 radical (unpaired) electrons. The molecule has 0 spiro atoms. The summed E-state index contributed by atoms with van der Waals surface area (Å²) in [4.78, 5) is 0. The lowest BCUT2D eigenvalue weighted by atomic mass is 9.85. The van der Waals surface area contributed by atoms with Crippen LogP contribution in [-0.4, -0.2) is 13.2 Å². The van der Waals surface area contributed by atoms with Gasteiger partial charge >= 0.3 is 0 Å². The molecule has 1 aliphatic heterocycles. The van der Waals surface area contributed by atoms with Crippen molar-refractivity contribution < 1.29 is 4.74 Å². The molecule has 1 heterocycles. The Morgan fingerprint density at radius 2 is 1.67 bits per heavy atom. The Morgan fingerprint density at radius 1 is 1.13 bits per heavy atom. The summed E-state index contributed by atoms with van der Waals surface area (Å²) in [7, 11) is 0. The number of alkyl halides is 1.